The number of nitrogens with zero attached hydrogens (tertiary/aromatic N) is 5. The molecule has 2 aromatic carbocycles. The molecule has 2 N–H and O–H groups in total. The Hall–Kier alpha value is -4.28. The number of benzene rings is 2. The summed E-state index contributed by atoms with van der Waals surface area (Å²) in [7, 11) is 0. The highest BCUT2D eigenvalue weighted by Gasteiger charge is 2.23. The second-order valence-electron chi connectivity index (χ2n) is 7.27. The van der Waals surface area contributed by atoms with E-state index in [1.807, 2.05) is 6.92 Å². The average molecular weight is 451 g/mol. The van der Waals surface area contributed by atoms with Crippen LogP contribution in [0.5, 0.6) is 0 Å². The van der Waals surface area contributed by atoms with Gasteiger partial charge in [0, 0.05) is 6.07 Å². The van der Waals surface area contributed by atoms with Gasteiger partial charge in [0.1, 0.15) is 28.9 Å². The SMILES string of the molecule is CC[C@@H](Nc1ncnc2[nH]cnc12)c1nc2cccc(F)c2c(=O)n1-c1ccc(F)c(F)c1. The lowest BCUT2D eigenvalue weighted by atomic mass is 10.1. The molecule has 0 saturated carbocycles. The maximum absolute atomic E-state index is 14.6. The number of halogens is 3. The van der Waals surface area contributed by atoms with E-state index in [0.717, 1.165) is 22.8 Å². The van der Waals surface area contributed by atoms with Crippen molar-refractivity contribution in [2.75, 3.05) is 5.32 Å². The maximum Gasteiger partial charge on any atom is 0.269 e. The molecule has 3 aromatic heterocycles. The number of anilines is 1. The lowest BCUT2D eigenvalue weighted by Crippen LogP contribution is -2.29. The normalized spacial score (nSPS) is 12.4. The van der Waals surface area contributed by atoms with Crippen molar-refractivity contribution in [3.05, 3.63) is 82.7 Å². The van der Waals surface area contributed by atoms with Gasteiger partial charge in [0.25, 0.3) is 5.56 Å². The van der Waals surface area contributed by atoms with Crippen LogP contribution >= 0.6 is 0 Å². The molecule has 3 heterocycles. The molecule has 0 aliphatic carbocycles. The van der Waals surface area contributed by atoms with E-state index in [-0.39, 0.29) is 22.4 Å². The number of aromatic amines is 1. The zero-order chi connectivity index (χ0) is 23.1. The molecule has 11 heteroatoms. The zero-order valence-corrected chi connectivity index (χ0v) is 17.2. The Morgan fingerprint density at radius 3 is 2.70 bits per heavy atom. The summed E-state index contributed by atoms with van der Waals surface area (Å²) in [6.07, 6.45) is 3.24. The predicted molar refractivity (Wildman–Crippen MR) is 116 cm³/mol. The molecule has 0 aliphatic heterocycles. The molecule has 166 valence electrons. The van der Waals surface area contributed by atoms with E-state index in [1.54, 1.807) is 0 Å². The van der Waals surface area contributed by atoms with E-state index >= 15 is 0 Å². The van der Waals surface area contributed by atoms with Crippen molar-refractivity contribution in [3.63, 3.8) is 0 Å². The molecule has 0 radical (unpaired) electrons. The van der Waals surface area contributed by atoms with Gasteiger partial charge < -0.3 is 10.3 Å². The van der Waals surface area contributed by atoms with Crippen LogP contribution in [0.3, 0.4) is 0 Å². The smallest absolute Gasteiger partial charge is 0.269 e. The van der Waals surface area contributed by atoms with Crippen LogP contribution in [-0.4, -0.2) is 29.5 Å². The Balaban J connectivity index is 1.75. The Kier molecular flexibility index (Phi) is 5.00. The molecule has 5 rings (SSSR count). The van der Waals surface area contributed by atoms with E-state index < -0.39 is 29.1 Å². The van der Waals surface area contributed by atoms with Gasteiger partial charge in [-0.25, -0.2) is 33.1 Å². The number of rotatable bonds is 5. The van der Waals surface area contributed by atoms with Gasteiger partial charge in [-0.05, 0) is 30.7 Å². The van der Waals surface area contributed by atoms with E-state index in [9.17, 15) is 18.0 Å². The molecule has 33 heavy (non-hydrogen) atoms. The molecular formula is C22H16F3N7O. The Labute approximate surface area is 184 Å². The summed E-state index contributed by atoms with van der Waals surface area (Å²) in [5.74, 6) is -2.41. The van der Waals surface area contributed by atoms with Crippen LogP contribution in [0.25, 0.3) is 27.8 Å². The number of nitrogens with one attached hydrogen (secondary N) is 2. The van der Waals surface area contributed by atoms with Gasteiger partial charge in [-0.15, -0.1) is 0 Å². The minimum atomic E-state index is -1.14. The van der Waals surface area contributed by atoms with Crippen LogP contribution in [0.15, 0.2) is 53.8 Å². The van der Waals surface area contributed by atoms with Gasteiger partial charge in [0.05, 0.1) is 23.6 Å². The molecule has 0 unspecified atom stereocenters. The van der Waals surface area contributed by atoms with Crippen molar-refractivity contribution in [1.29, 1.82) is 0 Å². The van der Waals surface area contributed by atoms with Gasteiger partial charge in [-0.2, -0.15) is 0 Å². The maximum atomic E-state index is 14.6. The molecule has 0 aliphatic rings. The van der Waals surface area contributed by atoms with Crippen LogP contribution in [0, 0.1) is 17.5 Å². The molecule has 0 amide bonds. The largest absolute Gasteiger partial charge is 0.358 e. The summed E-state index contributed by atoms with van der Waals surface area (Å²) in [4.78, 5) is 33.4. The number of fused-ring (bicyclic) bond motifs is 2. The van der Waals surface area contributed by atoms with Crippen molar-refractivity contribution in [2.45, 2.75) is 19.4 Å². The number of hydrogen-bond donors (Lipinski definition) is 2. The third-order valence-electron chi connectivity index (χ3n) is 5.28. The summed E-state index contributed by atoms with van der Waals surface area (Å²) in [6.45, 7) is 1.85. The molecule has 0 fully saturated rings. The number of hydrogen-bond acceptors (Lipinski definition) is 6. The average Bonchev–Trinajstić information content (AvgIpc) is 3.29. The van der Waals surface area contributed by atoms with Crippen molar-refractivity contribution in [2.24, 2.45) is 0 Å². The Bertz CT molecular complexity index is 1560. The molecule has 0 spiro atoms. The molecule has 1 atom stereocenters. The summed E-state index contributed by atoms with van der Waals surface area (Å²) < 4.78 is 43.3. The van der Waals surface area contributed by atoms with Crippen LogP contribution in [0.4, 0.5) is 19.0 Å². The van der Waals surface area contributed by atoms with E-state index in [1.165, 1.54) is 30.9 Å². The van der Waals surface area contributed by atoms with Crippen LogP contribution in [0.2, 0.25) is 0 Å². The fourth-order valence-electron chi connectivity index (χ4n) is 3.70. The second kappa shape index (κ2) is 8.01. The van der Waals surface area contributed by atoms with Gasteiger partial charge in [0.2, 0.25) is 0 Å². The highest BCUT2D eigenvalue weighted by Crippen LogP contribution is 2.27. The first-order valence-corrected chi connectivity index (χ1v) is 10.0. The minimum Gasteiger partial charge on any atom is -0.358 e. The fraction of sp³-hybridized carbons (Fsp3) is 0.136. The van der Waals surface area contributed by atoms with Crippen molar-refractivity contribution < 1.29 is 13.2 Å². The Morgan fingerprint density at radius 2 is 1.91 bits per heavy atom. The van der Waals surface area contributed by atoms with Crippen molar-refractivity contribution in [3.8, 4) is 5.69 Å². The Morgan fingerprint density at radius 1 is 1.06 bits per heavy atom. The highest BCUT2D eigenvalue weighted by molar-refractivity contribution is 5.82. The minimum absolute atomic E-state index is 0.0133. The van der Waals surface area contributed by atoms with Gasteiger partial charge >= 0.3 is 0 Å². The third-order valence-corrected chi connectivity index (χ3v) is 5.28. The van der Waals surface area contributed by atoms with Gasteiger partial charge in [-0.1, -0.05) is 13.0 Å². The van der Waals surface area contributed by atoms with Crippen LogP contribution < -0.4 is 10.9 Å². The first-order chi connectivity index (χ1) is 16.0. The fourth-order valence-corrected chi connectivity index (χ4v) is 3.70. The monoisotopic (exact) mass is 451 g/mol. The summed E-state index contributed by atoms with van der Waals surface area (Å²) in [5, 5.41) is 2.95. The second-order valence-corrected chi connectivity index (χ2v) is 7.27. The molecule has 0 bridgehead atoms. The van der Waals surface area contributed by atoms with Crippen molar-refractivity contribution in [1.82, 2.24) is 29.5 Å². The number of aromatic nitrogens is 6. The summed E-state index contributed by atoms with van der Waals surface area (Å²) in [6, 6.07) is 6.50. The third kappa shape index (κ3) is 3.47. The van der Waals surface area contributed by atoms with Crippen LogP contribution in [0.1, 0.15) is 25.2 Å². The standard InChI is InChI=1S/C22H16F3N7O/c1-2-15(30-20-18-19(27-9-26-18)28-10-29-20)21-31-16-5-3-4-13(24)17(16)22(33)32(21)11-6-7-12(23)14(25)8-11/h3-10,15H,2H2,1H3,(H2,26,27,28,29,30)/t15-/m1/s1. The molecule has 5 aromatic rings. The molecule has 8 nitrogen and oxygen atoms in total. The van der Waals surface area contributed by atoms with Crippen LogP contribution in [-0.2, 0) is 0 Å². The number of H-pyrrole nitrogens is 1. The van der Waals surface area contributed by atoms with E-state index in [0.29, 0.717) is 23.4 Å². The highest BCUT2D eigenvalue weighted by atomic mass is 19.2. The molecule has 0 saturated heterocycles. The van der Waals surface area contributed by atoms with Crippen molar-refractivity contribution >= 4 is 27.9 Å². The topological polar surface area (TPSA) is 101 Å². The predicted octanol–water partition coefficient (Wildman–Crippen LogP) is 4.03. The van der Waals surface area contributed by atoms with E-state index in [2.05, 4.69) is 30.2 Å². The lowest BCUT2D eigenvalue weighted by molar-refractivity contribution is 0.507. The van der Waals surface area contributed by atoms with Gasteiger partial charge in [-0.3, -0.25) is 9.36 Å². The quantitative estimate of drug-likeness (QED) is 0.418. The number of imidazole rings is 1. The zero-order valence-electron chi connectivity index (χ0n) is 17.2. The first-order valence-electron chi connectivity index (χ1n) is 10.0. The molecular weight excluding hydrogens is 435 g/mol. The van der Waals surface area contributed by atoms with Gasteiger partial charge in [0.15, 0.2) is 23.1 Å². The lowest BCUT2D eigenvalue weighted by Gasteiger charge is -2.22. The summed E-state index contributed by atoms with van der Waals surface area (Å²) in [5.41, 5.74) is 0.395. The first kappa shape index (κ1) is 20.6. The summed E-state index contributed by atoms with van der Waals surface area (Å²) >= 11 is 0. The van der Waals surface area contributed by atoms with E-state index in [4.69, 9.17) is 0 Å².